The summed E-state index contributed by atoms with van der Waals surface area (Å²) in [7, 11) is 0. The minimum atomic E-state index is -4.35. The van der Waals surface area contributed by atoms with Gasteiger partial charge in [-0.05, 0) is 28.5 Å². The number of fused-ring (bicyclic) bond motifs is 1. The predicted octanol–water partition coefficient (Wildman–Crippen LogP) is 3.35. The summed E-state index contributed by atoms with van der Waals surface area (Å²) in [6, 6.07) is 8.48. The van der Waals surface area contributed by atoms with Crippen molar-refractivity contribution in [1.29, 1.82) is 0 Å². The topological polar surface area (TPSA) is 20.2 Å². The molecule has 0 atom stereocenters. The third kappa shape index (κ3) is 1.88. The fourth-order valence-electron chi connectivity index (χ4n) is 1.68. The molecular formula is C12H9F3O. The van der Waals surface area contributed by atoms with Crippen molar-refractivity contribution in [2.45, 2.75) is 12.8 Å². The van der Waals surface area contributed by atoms with Crippen LogP contribution in [0.3, 0.4) is 0 Å². The predicted molar refractivity (Wildman–Crippen MR) is 54.9 cm³/mol. The minimum absolute atomic E-state index is 0.159. The quantitative estimate of drug-likeness (QED) is 0.790. The second kappa shape index (κ2) is 3.79. The van der Waals surface area contributed by atoms with Crippen molar-refractivity contribution in [2.24, 2.45) is 0 Å². The lowest BCUT2D eigenvalue weighted by atomic mass is 10.0. The Morgan fingerprint density at radius 2 is 1.81 bits per heavy atom. The maximum atomic E-state index is 12.7. The van der Waals surface area contributed by atoms with E-state index in [-0.39, 0.29) is 12.0 Å². The molecule has 16 heavy (non-hydrogen) atoms. The van der Waals surface area contributed by atoms with E-state index >= 15 is 0 Å². The number of hydrogen-bond acceptors (Lipinski definition) is 1. The summed E-state index contributed by atoms with van der Waals surface area (Å²) < 4.78 is 38.0. The first-order valence-electron chi connectivity index (χ1n) is 4.72. The molecule has 0 amide bonds. The van der Waals surface area contributed by atoms with Crippen LogP contribution in [-0.2, 0) is 12.8 Å². The zero-order valence-electron chi connectivity index (χ0n) is 8.25. The molecule has 2 aromatic rings. The van der Waals surface area contributed by atoms with E-state index in [0.29, 0.717) is 10.9 Å². The Bertz CT molecular complexity index is 517. The van der Waals surface area contributed by atoms with E-state index in [1.165, 1.54) is 18.2 Å². The summed E-state index contributed by atoms with van der Waals surface area (Å²) >= 11 is 0. The van der Waals surface area contributed by atoms with Gasteiger partial charge >= 0.3 is 6.18 Å². The van der Waals surface area contributed by atoms with Crippen molar-refractivity contribution in [1.82, 2.24) is 0 Å². The van der Waals surface area contributed by atoms with Gasteiger partial charge in [0.15, 0.2) is 0 Å². The van der Waals surface area contributed by atoms with Crippen molar-refractivity contribution >= 4 is 10.8 Å². The number of aliphatic hydroxyl groups is 1. The van der Waals surface area contributed by atoms with Gasteiger partial charge < -0.3 is 5.11 Å². The average Bonchev–Trinajstić information content (AvgIpc) is 2.26. The molecule has 0 aromatic heterocycles. The maximum absolute atomic E-state index is 12.7. The normalized spacial score (nSPS) is 12.0. The van der Waals surface area contributed by atoms with E-state index in [1.807, 2.05) is 0 Å². The summed E-state index contributed by atoms with van der Waals surface area (Å²) in [5.41, 5.74) is -0.0404. The first-order chi connectivity index (χ1) is 7.52. The molecule has 1 N–H and O–H groups in total. The van der Waals surface area contributed by atoms with Crippen LogP contribution in [0.25, 0.3) is 10.8 Å². The van der Waals surface area contributed by atoms with E-state index in [1.54, 1.807) is 12.1 Å². The molecule has 2 rings (SSSR count). The highest BCUT2D eigenvalue weighted by atomic mass is 19.4. The Kier molecular flexibility index (Phi) is 2.59. The number of hydrogen-bond donors (Lipinski definition) is 1. The van der Waals surface area contributed by atoms with Gasteiger partial charge in [-0.1, -0.05) is 24.3 Å². The number of halogens is 3. The molecule has 0 aliphatic rings. The molecule has 4 heteroatoms. The molecule has 0 spiro atoms. The van der Waals surface area contributed by atoms with Gasteiger partial charge in [0.05, 0.1) is 12.2 Å². The summed E-state index contributed by atoms with van der Waals surface area (Å²) in [5, 5.41) is 9.55. The van der Waals surface area contributed by atoms with Crippen molar-refractivity contribution in [2.75, 3.05) is 0 Å². The molecule has 1 nitrogen and oxygen atoms in total. The Labute approximate surface area is 90.1 Å². The van der Waals surface area contributed by atoms with Gasteiger partial charge in [0, 0.05) is 0 Å². The van der Waals surface area contributed by atoms with E-state index in [4.69, 9.17) is 5.11 Å². The molecule has 0 heterocycles. The first-order valence-corrected chi connectivity index (χ1v) is 4.72. The lowest BCUT2D eigenvalue weighted by Crippen LogP contribution is -2.05. The number of alkyl halides is 3. The van der Waals surface area contributed by atoms with Crippen LogP contribution in [0.5, 0.6) is 0 Å². The molecule has 0 saturated carbocycles. The highest BCUT2D eigenvalue weighted by Gasteiger charge is 2.32. The Hall–Kier alpha value is -1.55. The van der Waals surface area contributed by atoms with Gasteiger partial charge in [0.25, 0.3) is 0 Å². The van der Waals surface area contributed by atoms with Crippen LogP contribution in [0.1, 0.15) is 11.1 Å². The highest BCUT2D eigenvalue weighted by Crippen LogP contribution is 2.34. The van der Waals surface area contributed by atoms with Crippen LogP contribution in [0.15, 0.2) is 36.4 Å². The first kappa shape index (κ1) is 11.0. The third-order valence-electron chi connectivity index (χ3n) is 2.43. The lowest BCUT2D eigenvalue weighted by Gasteiger charge is -2.10. The molecular weight excluding hydrogens is 217 g/mol. The van der Waals surface area contributed by atoms with Crippen molar-refractivity contribution in [3.05, 3.63) is 47.5 Å². The Morgan fingerprint density at radius 1 is 1.06 bits per heavy atom. The number of rotatable bonds is 1. The number of aliphatic hydroxyl groups excluding tert-OH is 1. The monoisotopic (exact) mass is 226 g/mol. The SMILES string of the molecule is OCc1ccc2c(C(F)(F)F)cccc2c1. The molecule has 84 valence electrons. The fourth-order valence-corrected chi connectivity index (χ4v) is 1.68. The molecule has 0 aliphatic heterocycles. The zero-order valence-corrected chi connectivity index (χ0v) is 8.25. The number of benzene rings is 2. The second-order valence-corrected chi connectivity index (χ2v) is 3.52. The van der Waals surface area contributed by atoms with E-state index in [0.717, 1.165) is 6.07 Å². The molecule has 0 radical (unpaired) electrons. The summed E-state index contributed by atoms with van der Waals surface area (Å²) in [6.45, 7) is -0.174. The molecule has 0 fully saturated rings. The largest absolute Gasteiger partial charge is 0.417 e. The van der Waals surface area contributed by atoms with Crippen LogP contribution in [0.4, 0.5) is 13.2 Å². The van der Waals surface area contributed by atoms with Crippen molar-refractivity contribution < 1.29 is 18.3 Å². The van der Waals surface area contributed by atoms with Gasteiger partial charge in [-0.2, -0.15) is 13.2 Å². The zero-order chi connectivity index (χ0) is 11.8. The van der Waals surface area contributed by atoms with Gasteiger partial charge in [-0.15, -0.1) is 0 Å². The molecule has 0 aliphatic carbocycles. The van der Waals surface area contributed by atoms with E-state index in [9.17, 15) is 13.2 Å². The van der Waals surface area contributed by atoms with Crippen LogP contribution < -0.4 is 0 Å². The van der Waals surface area contributed by atoms with Crippen LogP contribution in [0, 0.1) is 0 Å². The summed E-state index contributed by atoms with van der Waals surface area (Å²) in [6.07, 6.45) is -4.35. The van der Waals surface area contributed by atoms with Crippen LogP contribution in [0.2, 0.25) is 0 Å². The maximum Gasteiger partial charge on any atom is 0.417 e. The summed E-state index contributed by atoms with van der Waals surface area (Å²) in [5.74, 6) is 0. The Balaban J connectivity index is 2.70. The summed E-state index contributed by atoms with van der Waals surface area (Å²) in [4.78, 5) is 0. The Morgan fingerprint density at radius 3 is 2.44 bits per heavy atom. The van der Waals surface area contributed by atoms with Crippen LogP contribution >= 0.6 is 0 Å². The molecule has 0 saturated heterocycles. The fraction of sp³-hybridized carbons (Fsp3) is 0.167. The smallest absolute Gasteiger partial charge is 0.392 e. The highest BCUT2D eigenvalue weighted by molar-refractivity contribution is 5.86. The standard InChI is InChI=1S/C12H9F3O/c13-12(14,15)11-3-1-2-9-6-8(7-16)4-5-10(9)11/h1-6,16H,7H2. The molecule has 0 bridgehead atoms. The molecule has 2 aromatic carbocycles. The lowest BCUT2D eigenvalue weighted by molar-refractivity contribution is -0.136. The minimum Gasteiger partial charge on any atom is -0.392 e. The van der Waals surface area contributed by atoms with Crippen molar-refractivity contribution in [3.8, 4) is 0 Å². The van der Waals surface area contributed by atoms with Crippen molar-refractivity contribution in [3.63, 3.8) is 0 Å². The molecule has 0 unspecified atom stereocenters. The van der Waals surface area contributed by atoms with E-state index < -0.39 is 11.7 Å². The van der Waals surface area contributed by atoms with Gasteiger partial charge in [0.1, 0.15) is 0 Å². The van der Waals surface area contributed by atoms with Gasteiger partial charge in [0.2, 0.25) is 0 Å². The van der Waals surface area contributed by atoms with Gasteiger partial charge in [-0.3, -0.25) is 0 Å². The van der Waals surface area contributed by atoms with Gasteiger partial charge in [-0.25, -0.2) is 0 Å². The third-order valence-corrected chi connectivity index (χ3v) is 2.43. The van der Waals surface area contributed by atoms with E-state index in [2.05, 4.69) is 0 Å². The second-order valence-electron chi connectivity index (χ2n) is 3.52. The van der Waals surface area contributed by atoms with Crippen LogP contribution in [-0.4, -0.2) is 5.11 Å². The average molecular weight is 226 g/mol.